The number of benzene rings is 2. The largest absolute Gasteiger partial charge is 0.493 e. The number of hydrogen-bond acceptors (Lipinski definition) is 8. The number of fused-ring (bicyclic) bond motifs is 3. The Labute approximate surface area is 179 Å². The lowest BCUT2D eigenvalue weighted by molar-refractivity contribution is -0.957. The van der Waals surface area contributed by atoms with Gasteiger partial charge in [0.15, 0.2) is 35.1 Å². The molecule has 1 unspecified atom stereocenters. The number of rotatable bonds is 4. The Morgan fingerprint density at radius 3 is 2.58 bits per heavy atom. The van der Waals surface area contributed by atoms with Crippen molar-refractivity contribution in [2.24, 2.45) is 5.84 Å². The fraction of sp³-hybridized carbons (Fsp3) is 0.409. The quantitative estimate of drug-likeness (QED) is 0.449. The van der Waals surface area contributed by atoms with Crippen LogP contribution in [0.2, 0.25) is 0 Å². The minimum atomic E-state index is -0.634. The van der Waals surface area contributed by atoms with Gasteiger partial charge in [-0.2, -0.15) is 5.84 Å². The molecule has 9 heteroatoms. The lowest BCUT2D eigenvalue weighted by Crippen LogP contribution is -2.58. The van der Waals surface area contributed by atoms with Crippen LogP contribution in [-0.4, -0.2) is 52.3 Å². The van der Waals surface area contributed by atoms with Crippen LogP contribution in [0, 0.1) is 0 Å². The van der Waals surface area contributed by atoms with Crippen molar-refractivity contribution in [1.29, 1.82) is 0 Å². The molecule has 5 rings (SSSR count). The number of carbonyl (C=O) groups is 1. The van der Waals surface area contributed by atoms with Crippen LogP contribution in [0.1, 0.15) is 39.2 Å². The van der Waals surface area contributed by atoms with Crippen LogP contribution >= 0.6 is 0 Å². The molecule has 0 saturated heterocycles. The van der Waals surface area contributed by atoms with E-state index in [2.05, 4.69) is 0 Å². The van der Waals surface area contributed by atoms with Gasteiger partial charge in [0.2, 0.25) is 12.5 Å². The third-order valence-electron chi connectivity index (χ3n) is 6.35. The lowest BCUT2D eigenvalue weighted by atomic mass is 9.84. The van der Waals surface area contributed by atoms with Crippen LogP contribution in [0.4, 0.5) is 0 Å². The van der Waals surface area contributed by atoms with Crippen molar-refractivity contribution in [2.45, 2.75) is 18.6 Å². The summed E-state index contributed by atoms with van der Waals surface area (Å²) in [7, 11) is 6.54. The van der Waals surface area contributed by atoms with E-state index in [-0.39, 0.29) is 11.4 Å². The van der Waals surface area contributed by atoms with Crippen molar-refractivity contribution in [3.63, 3.8) is 0 Å². The molecule has 2 N–H and O–H groups in total. The van der Waals surface area contributed by atoms with Crippen molar-refractivity contribution in [2.75, 3.05) is 41.7 Å². The molecule has 3 heterocycles. The molecule has 2 aromatic carbocycles. The molecule has 9 nitrogen and oxygen atoms in total. The van der Waals surface area contributed by atoms with Gasteiger partial charge in [0, 0.05) is 12.0 Å². The highest BCUT2D eigenvalue weighted by Crippen LogP contribution is 2.56. The number of ether oxygens (including phenoxy) is 6. The van der Waals surface area contributed by atoms with Crippen LogP contribution in [0.15, 0.2) is 18.2 Å². The number of methoxy groups -OCH3 is 3. The fourth-order valence-electron chi connectivity index (χ4n) is 4.93. The first-order valence-electron chi connectivity index (χ1n) is 10.00. The molecule has 0 saturated carbocycles. The topological polar surface area (TPSA) is 98.5 Å². The standard InChI is InChI=1S/C22H25N2O7/c1-24(23)8-7-11-9-14-20(30-10-29-14)21(28-4)15(11)17(24)18-12-5-6-13(26-2)19(27-3)16(12)22(25)31-18/h5-6,9,17-18H,7-8,10,23H2,1-4H3/q+1/t17-,18+,24?/m1/s1. The maximum atomic E-state index is 12.9. The van der Waals surface area contributed by atoms with Gasteiger partial charge in [-0.15, -0.1) is 0 Å². The normalized spacial score (nSPS) is 25.5. The van der Waals surface area contributed by atoms with Gasteiger partial charge < -0.3 is 28.4 Å². The van der Waals surface area contributed by atoms with Gasteiger partial charge in [-0.3, -0.25) is 0 Å². The molecule has 0 spiro atoms. The van der Waals surface area contributed by atoms with E-state index in [1.54, 1.807) is 13.2 Å². The van der Waals surface area contributed by atoms with E-state index in [0.717, 1.165) is 17.5 Å². The molecular weight excluding hydrogens is 404 g/mol. The van der Waals surface area contributed by atoms with E-state index in [9.17, 15) is 4.79 Å². The van der Waals surface area contributed by atoms with Gasteiger partial charge in [-0.1, -0.05) is 6.07 Å². The second-order valence-electron chi connectivity index (χ2n) is 8.07. The summed E-state index contributed by atoms with van der Waals surface area (Å²) >= 11 is 0. The van der Waals surface area contributed by atoms with Crippen molar-refractivity contribution < 1.29 is 37.8 Å². The first-order chi connectivity index (χ1) is 14.9. The highest BCUT2D eigenvalue weighted by atomic mass is 16.7. The molecule has 3 aliphatic heterocycles. The van der Waals surface area contributed by atoms with Crippen LogP contribution in [0.5, 0.6) is 28.7 Å². The second kappa shape index (κ2) is 6.93. The number of likely N-dealkylation sites (N-methyl/N-ethyl adjacent to an activating group) is 1. The first kappa shape index (κ1) is 19.8. The third kappa shape index (κ3) is 2.73. The van der Waals surface area contributed by atoms with Crippen LogP contribution in [-0.2, 0) is 11.2 Å². The Balaban J connectivity index is 1.72. The van der Waals surface area contributed by atoms with E-state index in [1.807, 2.05) is 19.2 Å². The molecule has 0 aliphatic carbocycles. The molecule has 31 heavy (non-hydrogen) atoms. The van der Waals surface area contributed by atoms with E-state index < -0.39 is 18.1 Å². The minimum absolute atomic E-state index is 0.120. The fourth-order valence-corrected chi connectivity index (χ4v) is 4.93. The van der Waals surface area contributed by atoms with Gasteiger partial charge in [0.1, 0.15) is 12.1 Å². The van der Waals surface area contributed by atoms with E-state index in [1.165, 1.54) is 14.2 Å². The van der Waals surface area contributed by atoms with E-state index in [0.29, 0.717) is 46.4 Å². The average Bonchev–Trinajstić information content (AvgIpc) is 3.35. The van der Waals surface area contributed by atoms with Gasteiger partial charge in [0.05, 0.1) is 33.9 Å². The van der Waals surface area contributed by atoms with E-state index >= 15 is 0 Å². The molecule has 3 aliphatic rings. The molecule has 3 atom stereocenters. The minimum Gasteiger partial charge on any atom is -0.493 e. The van der Waals surface area contributed by atoms with Gasteiger partial charge in [-0.25, -0.2) is 9.39 Å². The first-order valence-corrected chi connectivity index (χ1v) is 10.00. The summed E-state index contributed by atoms with van der Waals surface area (Å²) in [5.41, 5.74) is 2.97. The zero-order valence-electron chi connectivity index (χ0n) is 17.9. The number of hydrogen-bond donors (Lipinski definition) is 1. The van der Waals surface area contributed by atoms with Gasteiger partial charge >= 0.3 is 5.97 Å². The average molecular weight is 429 g/mol. The summed E-state index contributed by atoms with van der Waals surface area (Å²) in [5, 5.41) is 0. The highest BCUT2D eigenvalue weighted by Gasteiger charge is 2.52. The molecule has 0 radical (unpaired) electrons. The van der Waals surface area contributed by atoms with Crippen molar-refractivity contribution in [3.8, 4) is 28.7 Å². The maximum absolute atomic E-state index is 12.9. The van der Waals surface area contributed by atoms with Crippen molar-refractivity contribution in [3.05, 3.63) is 40.5 Å². The summed E-state index contributed by atoms with van der Waals surface area (Å²) in [6, 6.07) is 5.16. The number of esters is 1. The van der Waals surface area contributed by atoms with Crippen LogP contribution in [0.25, 0.3) is 0 Å². The number of quaternary nitrogens is 1. The Morgan fingerprint density at radius 1 is 1.10 bits per heavy atom. The molecular formula is C22H25N2O7+. The van der Waals surface area contributed by atoms with Gasteiger partial charge in [0.25, 0.3) is 0 Å². The number of nitrogens with two attached hydrogens (primary N) is 1. The van der Waals surface area contributed by atoms with Gasteiger partial charge in [-0.05, 0) is 17.7 Å². The summed E-state index contributed by atoms with van der Waals surface area (Å²) in [6.07, 6.45) is 0.0938. The summed E-state index contributed by atoms with van der Waals surface area (Å²) < 4.78 is 34.0. The Hall–Kier alpha value is -3.17. The zero-order chi connectivity index (χ0) is 21.9. The summed E-state index contributed by atoms with van der Waals surface area (Å²) in [6.45, 7) is 0.781. The monoisotopic (exact) mass is 429 g/mol. The molecule has 0 bridgehead atoms. The predicted octanol–water partition coefficient (Wildman–Crippen LogP) is 2.27. The van der Waals surface area contributed by atoms with Crippen molar-refractivity contribution in [1.82, 2.24) is 0 Å². The SMILES string of the molecule is COc1ccc2c(c1OC)C(=O)O[C@@H]2[C@H]1c2c(cc3c(c2OC)OCO3)CC[N+]1(C)N. The van der Waals surface area contributed by atoms with Crippen LogP contribution in [0.3, 0.4) is 0 Å². The lowest BCUT2D eigenvalue weighted by Gasteiger charge is -2.43. The Morgan fingerprint density at radius 2 is 1.87 bits per heavy atom. The second-order valence-corrected chi connectivity index (χ2v) is 8.07. The summed E-state index contributed by atoms with van der Waals surface area (Å²) in [5.74, 6) is 8.89. The smallest absolute Gasteiger partial charge is 0.343 e. The third-order valence-corrected chi connectivity index (χ3v) is 6.35. The van der Waals surface area contributed by atoms with Crippen LogP contribution < -0.4 is 29.5 Å². The molecule has 0 aromatic heterocycles. The molecule has 0 fully saturated rings. The molecule has 0 amide bonds. The number of nitrogens with zero attached hydrogens (tertiary/aromatic N) is 1. The van der Waals surface area contributed by atoms with E-state index in [4.69, 9.17) is 34.3 Å². The predicted molar refractivity (Wildman–Crippen MR) is 109 cm³/mol. The molecule has 164 valence electrons. The Bertz CT molecular complexity index is 1080. The maximum Gasteiger partial charge on any atom is 0.343 e. The zero-order valence-corrected chi connectivity index (χ0v) is 17.9. The number of cyclic esters (lactones) is 1. The van der Waals surface area contributed by atoms with Crippen molar-refractivity contribution >= 4 is 5.97 Å². The molecule has 2 aromatic rings. The summed E-state index contributed by atoms with van der Waals surface area (Å²) in [4.78, 5) is 12.9. The number of carbonyl (C=O) groups excluding carboxylic acids is 1. The Kier molecular flexibility index (Phi) is 4.42. The highest BCUT2D eigenvalue weighted by molar-refractivity contribution is 5.98.